The molecule has 0 spiro atoms. The Morgan fingerprint density at radius 3 is 2.59 bits per heavy atom. The molecule has 154 valence electrons. The van der Waals surface area contributed by atoms with Crippen molar-refractivity contribution in [3.8, 4) is 11.5 Å². The van der Waals surface area contributed by atoms with Gasteiger partial charge < -0.3 is 24.8 Å². The zero-order valence-electron chi connectivity index (χ0n) is 16.6. The number of para-hydroxylation sites is 3. The van der Waals surface area contributed by atoms with Crippen molar-refractivity contribution >= 4 is 17.5 Å². The van der Waals surface area contributed by atoms with E-state index in [1.54, 1.807) is 56.5 Å². The second-order valence-electron chi connectivity index (χ2n) is 6.79. The predicted molar refractivity (Wildman–Crippen MR) is 109 cm³/mol. The van der Waals surface area contributed by atoms with Gasteiger partial charge >= 0.3 is 0 Å². The van der Waals surface area contributed by atoms with Crippen LogP contribution in [0, 0.1) is 0 Å². The van der Waals surface area contributed by atoms with Crippen LogP contribution in [0.3, 0.4) is 0 Å². The zero-order valence-corrected chi connectivity index (χ0v) is 16.6. The summed E-state index contributed by atoms with van der Waals surface area (Å²) in [7, 11) is 1.54. The SMILES string of the molecule is COc1ccccc1O[C@@H](C)C(=O)Nc1ccccc1C(=O)NC[C@H]1CCCO1. The molecule has 0 unspecified atom stereocenters. The second-order valence-corrected chi connectivity index (χ2v) is 6.79. The van der Waals surface area contributed by atoms with Crippen LogP contribution in [-0.4, -0.2) is 44.3 Å². The van der Waals surface area contributed by atoms with Crippen LogP contribution in [-0.2, 0) is 9.53 Å². The van der Waals surface area contributed by atoms with Gasteiger partial charge in [-0.25, -0.2) is 0 Å². The Hall–Kier alpha value is -3.06. The molecule has 0 radical (unpaired) electrons. The fourth-order valence-corrected chi connectivity index (χ4v) is 3.09. The van der Waals surface area contributed by atoms with E-state index in [1.165, 1.54) is 0 Å². The number of hydrogen-bond acceptors (Lipinski definition) is 5. The van der Waals surface area contributed by atoms with Gasteiger partial charge in [-0.05, 0) is 44.0 Å². The first-order valence-electron chi connectivity index (χ1n) is 9.68. The highest BCUT2D eigenvalue weighted by molar-refractivity contribution is 6.04. The molecule has 2 N–H and O–H groups in total. The van der Waals surface area contributed by atoms with Crippen molar-refractivity contribution in [2.45, 2.75) is 32.0 Å². The molecule has 1 fully saturated rings. The highest BCUT2D eigenvalue weighted by atomic mass is 16.5. The van der Waals surface area contributed by atoms with E-state index in [1.807, 2.05) is 6.07 Å². The summed E-state index contributed by atoms with van der Waals surface area (Å²) < 4.78 is 16.5. The number of ether oxygens (including phenoxy) is 3. The standard InChI is InChI=1S/C22H26N2O5/c1-15(29-20-12-6-5-11-19(20)27-2)21(25)24-18-10-4-3-9-17(18)22(26)23-14-16-8-7-13-28-16/h3-6,9-12,15-16H,7-8,13-14H2,1-2H3,(H,23,26)(H,24,25)/t15-,16+/m0/s1. The lowest BCUT2D eigenvalue weighted by Crippen LogP contribution is -2.34. The molecule has 0 bridgehead atoms. The molecular formula is C22H26N2O5. The molecule has 0 saturated carbocycles. The van der Waals surface area contributed by atoms with Crippen LogP contribution in [0.5, 0.6) is 11.5 Å². The van der Waals surface area contributed by atoms with Crippen LogP contribution in [0.15, 0.2) is 48.5 Å². The van der Waals surface area contributed by atoms with E-state index in [0.29, 0.717) is 29.3 Å². The fraction of sp³-hybridized carbons (Fsp3) is 0.364. The summed E-state index contributed by atoms with van der Waals surface area (Å²) in [5, 5.41) is 5.66. The van der Waals surface area contributed by atoms with Gasteiger partial charge in [0.15, 0.2) is 17.6 Å². The molecule has 1 aliphatic heterocycles. The summed E-state index contributed by atoms with van der Waals surface area (Å²) >= 11 is 0. The Kier molecular flexibility index (Phi) is 7.08. The maximum atomic E-state index is 12.6. The molecule has 0 aromatic heterocycles. The number of amides is 2. The average molecular weight is 398 g/mol. The van der Waals surface area contributed by atoms with Crippen molar-refractivity contribution in [1.29, 1.82) is 0 Å². The summed E-state index contributed by atoms with van der Waals surface area (Å²) in [6, 6.07) is 14.0. The Bertz CT molecular complexity index is 849. The second kappa shape index (κ2) is 9.93. The van der Waals surface area contributed by atoms with Gasteiger partial charge in [0.1, 0.15) is 0 Å². The number of carbonyl (C=O) groups is 2. The predicted octanol–water partition coefficient (Wildman–Crippen LogP) is 3.01. The van der Waals surface area contributed by atoms with E-state index >= 15 is 0 Å². The number of anilines is 1. The van der Waals surface area contributed by atoms with Crippen molar-refractivity contribution in [2.24, 2.45) is 0 Å². The maximum Gasteiger partial charge on any atom is 0.265 e. The first-order chi connectivity index (χ1) is 14.1. The van der Waals surface area contributed by atoms with Gasteiger partial charge in [-0.3, -0.25) is 9.59 Å². The van der Waals surface area contributed by atoms with E-state index in [2.05, 4.69) is 10.6 Å². The van der Waals surface area contributed by atoms with Crippen molar-refractivity contribution in [1.82, 2.24) is 5.32 Å². The molecule has 1 saturated heterocycles. The first-order valence-corrected chi connectivity index (χ1v) is 9.68. The molecule has 3 rings (SSSR count). The van der Waals surface area contributed by atoms with Crippen LogP contribution in [0.25, 0.3) is 0 Å². The number of nitrogens with one attached hydrogen (secondary N) is 2. The number of benzene rings is 2. The van der Waals surface area contributed by atoms with Gasteiger partial charge in [0.25, 0.3) is 11.8 Å². The molecule has 1 heterocycles. The largest absolute Gasteiger partial charge is 0.493 e. The molecule has 0 aliphatic carbocycles. The van der Waals surface area contributed by atoms with Gasteiger partial charge in [0.05, 0.1) is 24.5 Å². The van der Waals surface area contributed by atoms with Crippen LogP contribution < -0.4 is 20.1 Å². The van der Waals surface area contributed by atoms with Crippen LogP contribution in [0.2, 0.25) is 0 Å². The van der Waals surface area contributed by atoms with Gasteiger partial charge in [-0.2, -0.15) is 0 Å². The quantitative estimate of drug-likeness (QED) is 0.714. The minimum atomic E-state index is -0.783. The average Bonchev–Trinajstić information content (AvgIpc) is 3.26. The molecule has 7 nitrogen and oxygen atoms in total. The molecule has 2 amide bonds. The Morgan fingerprint density at radius 1 is 1.14 bits per heavy atom. The summed E-state index contributed by atoms with van der Waals surface area (Å²) in [6.45, 7) is 2.83. The third kappa shape index (κ3) is 5.48. The first kappa shape index (κ1) is 20.7. The third-order valence-electron chi connectivity index (χ3n) is 4.69. The van der Waals surface area contributed by atoms with Gasteiger partial charge in [0, 0.05) is 13.2 Å². The smallest absolute Gasteiger partial charge is 0.265 e. The Labute approximate surface area is 170 Å². The summed E-state index contributed by atoms with van der Waals surface area (Å²) in [6.07, 6.45) is 1.22. The fourth-order valence-electron chi connectivity index (χ4n) is 3.09. The molecule has 1 aliphatic rings. The van der Waals surface area contributed by atoms with Gasteiger partial charge in [-0.15, -0.1) is 0 Å². The third-order valence-corrected chi connectivity index (χ3v) is 4.69. The monoisotopic (exact) mass is 398 g/mol. The van der Waals surface area contributed by atoms with Crippen LogP contribution >= 0.6 is 0 Å². The Balaban J connectivity index is 1.63. The van der Waals surface area contributed by atoms with E-state index in [0.717, 1.165) is 19.4 Å². The summed E-state index contributed by atoms with van der Waals surface area (Å²) in [4.78, 5) is 25.2. The van der Waals surface area contributed by atoms with Crippen molar-refractivity contribution in [2.75, 3.05) is 25.6 Å². The normalized spacial score (nSPS) is 16.7. The van der Waals surface area contributed by atoms with Gasteiger partial charge in [-0.1, -0.05) is 24.3 Å². The lowest BCUT2D eigenvalue weighted by atomic mass is 10.1. The highest BCUT2D eigenvalue weighted by Crippen LogP contribution is 2.27. The zero-order chi connectivity index (χ0) is 20.6. The lowest BCUT2D eigenvalue weighted by molar-refractivity contribution is -0.122. The van der Waals surface area contributed by atoms with E-state index in [9.17, 15) is 9.59 Å². The number of rotatable bonds is 8. The van der Waals surface area contributed by atoms with E-state index in [4.69, 9.17) is 14.2 Å². The topological polar surface area (TPSA) is 85.9 Å². The van der Waals surface area contributed by atoms with Gasteiger partial charge in [0.2, 0.25) is 0 Å². The summed E-state index contributed by atoms with van der Waals surface area (Å²) in [5.74, 6) is 0.395. The van der Waals surface area contributed by atoms with Crippen LogP contribution in [0.1, 0.15) is 30.1 Å². The minimum Gasteiger partial charge on any atom is -0.493 e. The lowest BCUT2D eigenvalue weighted by Gasteiger charge is -2.18. The van der Waals surface area contributed by atoms with E-state index in [-0.39, 0.29) is 17.9 Å². The number of methoxy groups -OCH3 is 1. The maximum absolute atomic E-state index is 12.6. The molecule has 2 atom stereocenters. The highest BCUT2D eigenvalue weighted by Gasteiger charge is 2.21. The Morgan fingerprint density at radius 2 is 1.86 bits per heavy atom. The van der Waals surface area contributed by atoms with Crippen molar-refractivity contribution < 1.29 is 23.8 Å². The van der Waals surface area contributed by atoms with E-state index < -0.39 is 6.10 Å². The van der Waals surface area contributed by atoms with Crippen molar-refractivity contribution in [3.63, 3.8) is 0 Å². The van der Waals surface area contributed by atoms with Crippen molar-refractivity contribution in [3.05, 3.63) is 54.1 Å². The minimum absolute atomic E-state index is 0.0509. The molecule has 2 aromatic rings. The molecule has 7 heteroatoms. The number of hydrogen-bond donors (Lipinski definition) is 2. The molecule has 2 aromatic carbocycles. The van der Waals surface area contributed by atoms with Crippen LogP contribution in [0.4, 0.5) is 5.69 Å². The number of carbonyl (C=O) groups excluding carboxylic acids is 2. The summed E-state index contributed by atoms with van der Waals surface area (Å²) in [5.41, 5.74) is 0.821. The molecule has 29 heavy (non-hydrogen) atoms. The molecular weight excluding hydrogens is 372 g/mol.